The molecule has 2 amide bonds. The van der Waals surface area contributed by atoms with Crippen molar-refractivity contribution in [1.82, 2.24) is 24.5 Å². The molecule has 79 heavy (non-hydrogen) atoms. The highest BCUT2D eigenvalue weighted by Gasteiger charge is 2.45. The monoisotopic (exact) mass is 1100 g/mol. The molecule has 2 fully saturated rings. The number of hydrogen-bond acceptors (Lipinski definition) is 13. The zero-order chi connectivity index (χ0) is 58.0. The summed E-state index contributed by atoms with van der Waals surface area (Å²) < 4.78 is 29.5. The second kappa shape index (κ2) is 29.1. The van der Waals surface area contributed by atoms with Gasteiger partial charge in [-0.3, -0.25) is 33.9 Å². The molecule has 15 nitrogen and oxygen atoms in total. The SMILES string of the molecule is CC[C@H]1CN2CCc3cc(OC)c(OC)cc3C2C[C@@H]1C[C@@H]1c2cc(OC)c(OC)cc2CCN1CCCC(=O)[C@H](C)[C@@H](OC)C1CCCN1C(=O)C[C@@H](CO)[C@H]([C@@H](C)CC)N(C)C(=O)[C@@H](CC(=O)[C@H](C(C)C)N(C)C)C(C)C. The third-order valence-corrected chi connectivity index (χ3v) is 19.3. The third-order valence-electron chi connectivity index (χ3n) is 19.3. The molecule has 0 aliphatic carbocycles. The van der Waals surface area contributed by atoms with Crippen molar-refractivity contribution in [3.63, 3.8) is 0 Å². The lowest BCUT2D eigenvalue weighted by molar-refractivity contribution is -0.146. The number of benzene rings is 2. The van der Waals surface area contributed by atoms with E-state index >= 15 is 0 Å². The zero-order valence-electron chi connectivity index (χ0n) is 51.5. The Kier molecular flexibility index (Phi) is 23.5. The number of aliphatic hydroxyl groups excluding tert-OH is 1. The van der Waals surface area contributed by atoms with E-state index in [9.17, 15) is 24.3 Å². The Morgan fingerprint density at radius 3 is 1.91 bits per heavy atom. The molecular weight excluding hydrogens is 999 g/mol. The van der Waals surface area contributed by atoms with E-state index in [0.29, 0.717) is 43.7 Å². The molecule has 4 aliphatic rings. The molecule has 4 heterocycles. The molecule has 0 bridgehead atoms. The maximum atomic E-state index is 14.6. The van der Waals surface area contributed by atoms with Crippen LogP contribution < -0.4 is 18.9 Å². The van der Waals surface area contributed by atoms with Crippen LogP contribution >= 0.6 is 0 Å². The van der Waals surface area contributed by atoms with Gasteiger partial charge in [-0.2, -0.15) is 0 Å². The molecular formula is C64H103N5O10. The molecule has 2 saturated heterocycles. The molecule has 0 saturated carbocycles. The van der Waals surface area contributed by atoms with Crippen LogP contribution in [0.5, 0.6) is 23.0 Å². The first-order valence-electron chi connectivity index (χ1n) is 30.1. The maximum absolute atomic E-state index is 14.6. The van der Waals surface area contributed by atoms with Crippen molar-refractivity contribution in [2.75, 3.05) is 96.0 Å². The van der Waals surface area contributed by atoms with Crippen LogP contribution in [0.15, 0.2) is 24.3 Å². The molecule has 2 aromatic rings. The number of hydrogen-bond donors (Lipinski definition) is 1. The van der Waals surface area contributed by atoms with E-state index in [1.165, 1.54) is 22.3 Å². The average molecular weight is 1100 g/mol. The lowest BCUT2D eigenvalue weighted by atomic mass is 9.72. The number of ketones is 2. The van der Waals surface area contributed by atoms with Crippen molar-refractivity contribution in [3.8, 4) is 23.0 Å². The highest BCUT2D eigenvalue weighted by atomic mass is 16.5. The number of ether oxygens (including phenoxy) is 5. The van der Waals surface area contributed by atoms with E-state index < -0.39 is 29.9 Å². The number of aliphatic hydroxyl groups is 1. The van der Waals surface area contributed by atoms with E-state index in [4.69, 9.17) is 23.7 Å². The minimum atomic E-state index is -0.536. The van der Waals surface area contributed by atoms with Crippen molar-refractivity contribution in [2.24, 2.45) is 47.3 Å². The van der Waals surface area contributed by atoms with Crippen LogP contribution in [0.4, 0.5) is 0 Å². The Hall–Kier alpha value is -4.28. The molecule has 0 radical (unpaired) electrons. The molecule has 1 N–H and O–H groups in total. The van der Waals surface area contributed by atoms with Crippen LogP contribution in [-0.2, 0) is 36.8 Å². The molecule has 0 aromatic heterocycles. The number of likely N-dealkylation sites (tertiary alicyclic amines) is 1. The van der Waals surface area contributed by atoms with E-state index in [1.807, 2.05) is 58.5 Å². The topological polar surface area (TPSA) is 151 Å². The van der Waals surface area contributed by atoms with Crippen LogP contribution in [0.2, 0.25) is 0 Å². The van der Waals surface area contributed by atoms with Gasteiger partial charge in [0.05, 0.1) is 46.6 Å². The van der Waals surface area contributed by atoms with E-state index in [-0.39, 0.29) is 78.7 Å². The second-order valence-corrected chi connectivity index (χ2v) is 24.8. The van der Waals surface area contributed by atoms with Gasteiger partial charge < -0.3 is 38.6 Å². The standard InChI is InChI=1S/C64H103N5O10/c1-17-41(7)62(66(11)64(74)48(39(3)4)34-55(72)61(40(5)6)65(9)10)47(38-70)33-60(73)69-26-19-21-51(69)63(79-16)42(8)54(71)22-20-25-67-27-23-44-31-56(75-12)58(77-14)35-49(44)52(67)29-46-30-53-50-36-59(78-15)57(76-13)32-45(50)24-28-68(53)37-43(46)18-2/h31-32,35-36,39-43,46-48,51-53,61-63,70H,17-30,33-34,37-38H2,1-16H3/t41-,42-,43-,46-,47-,48-,51?,52+,53?,61-,62-,63+/m0/s1. The van der Waals surface area contributed by atoms with Gasteiger partial charge in [0.25, 0.3) is 0 Å². The molecule has 2 aromatic carbocycles. The average Bonchev–Trinajstić information content (AvgIpc) is 3.98. The first-order valence-corrected chi connectivity index (χ1v) is 30.1. The smallest absolute Gasteiger partial charge is 0.226 e. The summed E-state index contributed by atoms with van der Waals surface area (Å²) in [6.07, 6.45) is 8.02. The number of Topliss-reactive ketones (excluding diaryl/α,β-unsaturated/α-hetero) is 2. The Labute approximate surface area is 475 Å². The first-order chi connectivity index (χ1) is 37.7. The number of piperidine rings is 1. The van der Waals surface area contributed by atoms with Crippen LogP contribution in [-0.4, -0.2) is 173 Å². The number of methoxy groups -OCH3 is 5. The zero-order valence-corrected chi connectivity index (χ0v) is 51.5. The number of rotatable bonds is 29. The van der Waals surface area contributed by atoms with E-state index in [0.717, 1.165) is 94.1 Å². The summed E-state index contributed by atoms with van der Waals surface area (Å²) in [7, 11) is 14.1. The van der Waals surface area contributed by atoms with Gasteiger partial charge in [0.1, 0.15) is 5.78 Å². The third kappa shape index (κ3) is 14.5. The fourth-order valence-electron chi connectivity index (χ4n) is 14.8. The van der Waals surface area contributed by atoms with Crippen molar-refractivity contribution in [3.05, 3.63) is 46.5 Å². The van der Waals surface area contributed by atoms with Crippen LogP contribution in [0.25, 0.3) is 0 Å². The predicted molar refractivity (Wildman–Crippen MR) is 312 cm³/mol. The van der Waals surface area contributed by atoms with Crippen molar-refractivity contribution in [1.29, 1.82) is 0 Å². The second-order valence-electron chi connectivity index (χ2n) is 24.8. The Morgan fingerprint density at radius 1 is 0.747 bits per heavy atom. The molecule has 12 atom stereocenters. The van der Waals surface area contributed by atoms with Gasteiger partial charge in [0.2, 0.25) is 11.8 Å². The summed E-state index contributed by atoms with van der Waals surface area (Å²) >= 11 is 0. The summed E-state index contributed by atoms with van der Waals surface area (Å²) in [5.74, 6) is 2.44. The minimum Gasteiger partial charge on any atom is -0.493 e. The number of fused-ring (bicyclic) bond motifs is 4. The summed E-state index contributed by atoms with van der Waals surface area (Å²) in [6.45, 7) is 20.4. The van der Waals surface area contributed by atoms with E-state index in [2.05, 4.69) is 54.8 Å². The fourth-order valence-corrected chi connectivity index (χ4v) is 14.8. The normalized spacial score (nSPS) is 23.2. The van der Waals surface area contributed by atoms with Gasteiger partial charge in [0, 0.05) is 102 Å². The molecule has 15 heteroatoms. The van der Waals surface area contributed by atoms with Gasteiger partial charge in [-0.1, -0.05) is 68.2 Å². The Bertz CT molecular complexity index is 2330. The molecule has 2 unspecified atom stereocenters. The predicted octanol–water partition coefficient (Wildman–Crippen LogP) is 9.34. The maximum Gasteiger partial charge on any atom is 0.226 e. The molecule has 4 aliphatic heterocycles. The van der Waals surface area contributed by atoms with Crippen molar-refractivity contribution < 1.29 is 48.0 Å². The van der Waals surface area contributed by atoms with Crippen LogP contribution in [0, 0.1) is 47.3 Å². The van der Waals surface area contributed by atoms with Gasteiger partial charge >= 0.3 is 0 Å². The largest absolute Gasteiger partial charge is 0.493 e. The van der Waals surface area contributed by atoms with Crippen LogP contribution in [0.3, 0.4) is 0 Å². The number of amides is 2. The van der Waals surface area contributed by atoms with Gasteiger partial charge in [-0.15, -0.1) is 0 Å². The van der Waals surface area contributed by atoms with Crippen molar-refractivity contribution in [2.45, 2.75) is 169 Å². The van der Waals surface area contributed by atoms with Gasteiger partial charge in [-0.05, 0) is 142 Å². The lowest BCUT2D eigenvalue weighted by Crippen LogP contribution is -2.52. The first kappa shape index (κ1) is 63.9. The van der Waals surface area contributed by atoms with Gasteiger partial charge in [0.15, 0.2) is 28.8 Å². The number of carbonyl (C=O) groups excluding carboxylic acids is 4. The number of nitrogens with zero attached hydrogens (tertiary/aromatic N) is 5. The molecule has 6 rings (SSSR count). The minimum absolute atomic E-state index is 0.0237. The number of carbonyl (C=O) groups is 4. The summed E-state index contributed by atoms with van der Waals surface area (Å²) in [6, 6.07) is 8.16. The Balaban J connectivity index is 1.15. The quantitative estimate of drug-likeness (QED) is 0.0825. The highest BCUT2D eigenvalue weighted by molar-refractivity contribution is 5.90. The summed E-state index contributed by atoms with van der Waals surface area (Å²) in [5, 5.41) is 11.1. The van der Waals surface area contributed by atoms with Crippen LogP contribution in [0.1, 0.15) is 154 Å². The lowest BCUT2D eigenvalue weighted by Gasteiger charge is -2.49. The molecule has 444 valence electrons. The van der Waals surface area contributed by atoms with E-state index in [1.54, 1.807) is 47.5 Å². The fraction of sp³-hybridized carbons (Fsp3) is 0.750. The van der Waals surface area contributed by atoms with Crippen molar-refractivity contribution >= 4 is 23.4 Å². The van der Waals surface area contributed by atoms with Gasteiger partial charge in [-0.25, -0.2) is 0 Å². The summed E-state index contributed by atoms with van der Waals surface area (Å²) in [4.78, 5) is 68.2. The summed E-state index contributed by atoms with van der Waals surface area (Å²) in [5.41, 5.74) is 5.27. The number of likely N-dealkylation sites (N-methyl/N-ethyl adjacent to an activating group) is 1. The Morgan fingerprint density at radius 2 is 1.35 bits per heavy atom. The highest BCUT2D eigenvalue weighted by Crippen LogP contribution is 2.49. The molecule has 0 spiro atoms.